The lowest BCUT2D eigenvalue weighted by atomic mass is 10.2. The van der Waals surface area contributed by atoms with Gasteiger partial charge in [-0.2, -0.15) is 0 Å². The minimum Gasteiger partial charge on any atom is -0.454 e. The molecule has 1 unspecified atom stereocenters. The highest BCUT2D eigenvalue weighted by molar-refractivity contribution is 5.57. The van der Waals surface area contributed by atoms with Gasteiger partial charge in [0.25, 0.3) is 0 Å². The molecular formula is C14H20N2O3. The summed E-state index contributed by atoms with van der Waals surface area (Å²) in [5.41, 5.74) is 1.18. The van der Waals surface area contributed by atoms with Crippen molar-refractivity contribution in [1.29, 1.82) is 0 Å². The van der Waals surface area contributed by atoms with Crippen LogP contribution in [0.5, 0.6) is 11.5 Å². The minimum atomic E-state index is 0.219. The van der Waals surface area contributed by atoms with Gasteiger partial charge in [-0.3, -0.25) is 4.90 Å². The van der Waals surface area contributed by atoms with Gasteiger partial charge in [0, 0.05) is 37.4 Å². The van der Waals surface area contributed by atoms with Crippen molar-refractivity contribution in [2.75, 3.05) is 45.0 Å². The first-order valence-corrected chi connectivity index (χ1v) is 6.73. The highest BCUT2D eigenvalue weighted by atomic mass is 16.7. The van der Waals surface area contributed by atoms with E-state index in [1.54, 1.807) is 0 Å². The maximum atomic E-state index is 9.00. The molecule has 1 saturated heterocycles. The summed E-state index contributed by atoms with van der Waals surface area (Å²) in [7, 11) is 2.07. The summed E-state index contributed by atoms with van der Waals surface area (Å²) in [6.07, 6.45) is 1.13. The predicted octanol–water partition coefficient (Wildman–Crippen LogP) is 0.918. The fourth-order valence-electron chi connectivity index (χ4n) is 2.76. The summed E-state index contributed by atoms with van der Waals surface area (Å²) in [5, 5.41) is 9.00. The fraction of sp³-hybridized carbons (Fsp3) is 0.571. The van der Waals surface area contributed by atoms with Crippen molar-refractivity contribution in [2.24, 2.45) is 0 Å². The molecule has 0 saturated carbocycles. The number of anilines is 1. The van der Waals surface area contributed by atoms with E-state index in [0.29, 0.717) is 12.8 Å². The van der Waals surface area contributed by atoms with E-state index in [1.165, 1.54) is 5.69 Å². The Labute approximate surface area is 113 Å². The summed E-state index contributed by atoms with van der Waals surface area (Å²) < 4.78 is 10.7. The first kappa shape index (κ1) is 12.6. The third-order valence-corrected chi connectivity index (χ3v) is 3.96. The average Bonchev–Trinajstić information content (AvgIpc) is 3.07. The number of benzene rings is 1. The van der Waals surface area contributed by atoms with E-state index in [4.69, 9.17) is 14.6 Å². The van der Waals surface area contributed by atoms with Crippen LogP contribution in [-0.2, 0) is 0 Å². The number of likely N-dealkylation sites (N-methyl/N-ethyl adjacent to an activating group) is 1. The number of aliphatic hydroxyl groups excluding tert-OH is 1. The fourth-order valence-corrected chi connectivity index (χ4v) is 2.76. The van der Waals surface area contributed by atoms with E-state index >= 15 is 0 Å². The topological polar surface area (TPSA) is 45.2 Å². The third kappa shape index (κ3) is 2.48. The molecule has 5 heteroatoms. The minimum absolute atomic E-state index is 0.219. The van der Waals surface area contributed by atoms with Crippen LogP contribution in [0.15, 0.2) is 18.2 Å². The number of hydrogen-bond acceptors (Lipinski definition) is 5. The average molecular weight is 264 g/mol. The van der Waals surface area contributed by atoms with E-state index < -0.39 is 0 Å². The molecule has 2 heterocycles. The highest BCUT2D eigenvalue weighted by Crippen LogP contribution is 2.36. The Hall–Kier alpha value is -1.46. The number of ether oxygens (including phenoxy) is 2. The van der Waals surface area contributed by atoms with Gasteiger partial charge in [0.15, 0.2) is 11.5 Å². The Kier molecular flexibility index (Phi) is 3.48. The monoisotopic (exact) mass is 264 g/mol. The standard InChI is InChI=1S/C14H20N2O3/c1-15(6-7-17)12-4-5-16(9-12)11-2-3-13-14(8-11)19-10-18-13/h2-3,8,12,17H,4-7,9-10H2,1H3. The normalized spacial score (nSPS) is 21.4. The van der Waals surface area contributed by atoms with Crippen molar-refractivity contribution < 1.29 is 14.6 Å². The Balaban J connectivity index is 1.67. The van der Waals surface area contributed by atoms with Crippen LogP contribution in [0.3, 0.4) is 0 Å². The lowest BCUT2D eigenvalue weighted by Gasteiger charge is -2.24. The molecule has 1 fully saturated rings. The SMILES string of the molecule is CN(CCO)C1CCN(c2ccc3c(c2)OCO3)C1. The molecule has 0 radical (unpaired) electrons. The maximum absolute atomic E-state index is 9.00. The van der Waals surface area contributed by atoms with E-state index in [9.17, 15) is 0 Å². The lowest BCUT2D eigenvalue weighted by Crippen LogP contribution is -2.36. The van der Waals surface area contributed by atoms with Crippen LogP contribution in [0.2, 0.25) is 0 Å². The zero-order valence-electron chi connectivity index (χ0n) is 11.2. The van der Waals surface area contributed by atoms with Crippen LogP contribution in [0.4, 0.5) is 5.69 Å². The van der Waals surface area contributed by atoms with Crippen molar-refractivity contribution in [1.82, 2.24) is 4.90 Å². The second kappa shape index (κ2) is 5.27. The molecule has 1 aromatic rings. The molecule has 0 aliphatic carbocycles. The molecule has 2 aliphatic rings. The van der Waals surface area contributed by atoms with Crippen LogP contribution in [0.1, 0.15) is 6.42 Å². The molecule has 0 amide bonds. The van der Waals surface area contributed by atoms with Crippen molar-refractivity contribution in [3.05, 3.63) is 18.2 Å². The zero-order chi connectivity index (χ0) is 13.2. The van der Waals surface area contributed by atoms with Gasteiger partial charge in [0.2, 0.25) is 6.79 Å². The molecule has 0 spiro atoms. The van der Waals surface area contributed by atoms with Gasteiger partial charge in [-0.15, -0.1) is 0 Å². The Morgan fingerprint density at radius 1 is 1.37 bits per heavy atom. The molecule has 19 heavy (non-hydrogen) atoms. The van der Waals surface area contributed by atoms with Crippen molar-refractivity contribution in [3.8, 4) is 11.5 Å². The van der Waals surface area contributed by atoms with Crippen LogP contribution in [-0.4, -0.2) is 56.1 Å². The quantitative estimate of drug-likeness (QED) is 0.876. The van der Waals surface area contributed by atoms with Crippen LogP contribution >= 0.6 is 0 Å². The van der Waals surface area contributed by atoms with Crippen LogP contribution < -0.4 is 14.4 Å². The van der Waals surface area contributed by atoms with Gasteiger partial charge in [-0.1, -0.05) is 0 Å². The third-order valence-electron chi connectivity index (χ3n) is 3.96. The molecule has 2 aliphatic heterocycles. The van der Waals surface area contributed by atoms with E-state index in [2.05, 4.69) is 29.0 Å². The maximum Gasteiger partial charge on any atom is 0.231 e. The first-order valence-electron chi connectivity index (χ1n) is 6.73. The number of rotatable bonds is 4. The summed E-state index contributed by atoms with van der Waals surface area (Å²) in [6.45, 7) is 3.31. The summed E-state index contributed by atoms with van der Waals surface area (Å²) in [4.78, 5) is 4.59. The molecule has 1 atom stereocenters. The van der Waals surface area contributed by atoms with E-state index in [1.807, 2.05) is 6.07 Å². The molecular weight excluding hydrogens is 244 g/mol. The molecule has 5 nitrogen and oxygen atoms in total. The number of aliphatic hydroxyl groups is 1. The zero-order valence-corrected chi connectivity index (χ0v) is 11.2. The Bertz CT molecular complexity index is 452. The van der Waals surface area contributed by atoms with Gasteiger partial charge in [-0.25, -0.2) is 0 Å². The largest absolute Gasteiger partial charge is 0.454 e. The number of hydrogen-bond donors (Lipinski definition) is 1. The second-order valence-electron chi connectivity index (χ2n) is 5.13. The molecule has 104 valence electrons. The molecule has 3 rings (SSSR count). The van der Waals surface area contributed by atoms with Gasteiger partial charge < -0.3 is 19.5 Å². The van der Waals surface area contributed by atoms with Gasteiger partial charge >= 0.3 is 0 Å². The first-order chi connectivity index (χ1) is 9.28. The van der Waals surface area contributed by atoms with E-state index in [-0.39, 0.29) is 6.61 Å². The van der Waals surface area contributed by atoms with Gasteiger partial charge in [0.05, 0.1) is 6.61 Å². The van der Waals surface area contributed by atoms with Crippen molar-refractivity contribution in [3.63, 3.8) is 0 Å². The Morgan fingerprint density at radius 3 is 3.05 bits per heavy atom. The molecule has 0 bridgehead atoms. The lowest BCUT2D eigenvalue weighted by molar-refractivity contribution is 0.174. The van der Waals surface area contributed by atoms with Crippen LogP contribution in [0, 0.1) is 0 Å². The van der Waals surface area contributed by atoms with E-state index in [0.717, 1.165) is 37.6 Å². The predicted molar refractivity (Wildman–Crippen MR) is 72.9 cm³/mol. The van der Waals surface area contributed by atoms with Gasteiger partial charge in [0.1, 0.15) is 0 Å². The smallest absolute Gasteiger partial charge is 0.231 e. The number of fused-ring (bicyclic) bond motifs is 1. The van der Waals surface area contributed by atoms with Crippen molar-refractivity contribution >= 4 is 5.69 Å². The Morgan fingerprint density at radius 2 is 2.21 bits per heavy atom. The molecule has 1 aromatic carbocycles. The second-order valence-corrected chi connectivity index (χ2v) is 5.13. The molecule has 1 N–H and O–H groups in total. The highest BCUT2D eigenvalue weighted by Gasteiger charge is 2.26. The van der Waals surface area contributed by atoms with Gasteiger partial charge in [-0.05, 0) is 25.6 Å². The molecule has 0 aromatic heterocycles. The summed E-state index contributed by atoms with van der Waals surface area (Å²) in [6, 6.07) is 6.62. The summed E-state index contributed by atoms with van der Waals surface area (Å²) >= 11 is 0. The summed E-state index contributed by atoms with van der Waals surface area (Å²) in [5.74, 6) is 1.67. The van der Waals surface area contributed by atoms with Crippen LogP contribution in [0.25, 0.3) is 0 Å². The van der Waals surface area contributed by atoms with Crippen molar-refractivity contribution in [2.45, 2.75) is 12.5 Å². The number of nitrogens with zero attached hydrogens (tertiary/aromatic N) is 2.